The van der Waals surface area contributed by atoms with Crippen LogP contribution in [0.1, 0.15) is 113 Å². The fourth-order valence-electron chi connectivity index (χ4n) is 8.08. The Morgan fingerprint density at radius 1 is 1.07 bits per heavy atom. The van der Waals surface area contributed by atoms with Crippen LogP contribution in [-0.4, -0.2) is 63.7 Å². The lowest BCUT2D eigenvalue weighted by atomic mass is 9.65. The van der Waals surface area contributed by atoms with Gasteiger partial charge in [-0.15, -0.1) is 0 Å². The number of aliphatic hydroxyl groups excluding tert-OH is 2. The average Bonchev–Trinajstić information content (AvgIpc) is 3.91. The van der Waals surface area contributed by atoms with Gasteiger partial charge in [-0.3, -0.25) is 19.5 Å². The summed E-state index contributed by atoms with van der Waals surface area (Å²) in [6.45, 7) is 15.4. The van der Waals surface area contributed by atoms with Crippen LogP contribution in [0.3, 0.4) is 0 Å². The van der Waals surface area contributed by atoms with Gasteiger partial charge < -0.3 is 14.9 Å². The normalized spacial score (nSPS) is 32.9. The molecule has 5 aliphatic rings. The largest absolute Gasteiger partial charge is 0.461 e. The Morgan fingerprint density at radius 3 is 2.31 bits per heavy atom. The van der Waals surface area contributed by atoms with E-state index in [-0.39, 0.29) is 60.5 Å². The molecular formula is C38H60N2O5. The highest BCUT2D eigenvalue weighted by Crippen LogP contribution is 2.49. The molecule has 4 aliphatic carbocycles. The Balaban J connectivity index is 1.21. The highest BCUT2D eigenvalue weighted by Gasteiger charge is 2.49. The zero-order chi connectivity index (χ0) is 32.6. The van der Waals surface area contributed by atoms with Crippen molar-refractivity contribution in [3.05, 3.63) is 23.8 Å². The first-order valence-electron chi connectivity index (χ1n) is 18.1. The maximum absolute atomic E-state index is 13.9. The number of nitrogens with zero attached hydrogens (tertiary/aromatic N) is 2. The molecule has 0 aromatic carbocycles. The third-order valence-electron chi connectivity index (χ3n) is 11.9. The molecule has 0 aromatic heterocycles. The first kappa shape index (κ1) is 34.3. The third-order valence-corrected chi connectivity index (χ3v) is 11.9. The number of aliphatic imine (C=N–C) groups is 1. The van der Waals surface area contributed by atoms with E-state index in [0.29, 0.717) is 30.1 Å². The van der Waals surface area contributed by atoms with Crippen LogP contribution in [0.2, 0.25) is 0 Å². The van der Waals surface area contributed by atoms with E-state index in [4.69, 9.17) is 9.73 Å². The summed E-state index contributed by atoms with van der Waals surface area (Å²) >= 11 is 0. The van der Waals surface area contributed by atoms with Gasteiger partial charge in [0.1, 0.15) is 11.9 Å². The topological polar surface area (TPSA) is 99.4 Å². The molecule has 0 aromatic rings. The summed E-state index contributed by atoms with van der Waals surface area (Å²) in [7, 11) is 0. The third kappa shape index (κ3) is 7.94. The van der Waals surface area contributed by atoms with Crippen molar-refractivity contribution in [3.8, 4) is 0 Å². The molecule has 2 unspecified atom stereocenters. The molecule has 2 saturated carbocycles. The van der Waals surface area contributed by atoms with Gasteiger partial charge in [0.15, 0.2) is 0 Å². The van der Waals surface area contributed by atoms with Gasteiger partial charge in [-0.05, 0) is 113 Å². The molecule has 9 atom stereocenters. The van der Waals surface area contributed by atoms with E-state index in [0.717, 1.165) is 31.6 Å². The molecule has 5 rings (SSSR count). The molecule has 252 valence electrons. The van der Waals surface area contributed by atoms with E-state index >= 15 is 0 Å². The summed E-state index contributed by atoms with van der Waals surface area (Å²) in [5.74, 6) is 3.46. The van der Waals surface area contributed by atoms with E-state index in [1.165, 1.54) is 31.3 Å². The van der Waals surface area contributed by atoms with E-state index in [2.05, 4.69) is 45.9 Å². The molecule has 0 bridgehead atoms. The maximum atomic E-state index is 13.9. The predicted octanol–water partition coefficient (Wildman–Crippen LogP) is 6.72. The van der Waals surface area contributed by atoms with Gasteiger partial charge in [-0.2, -0.15) is 0 Å². The second-order valence-corrected chi connectivity index (χ2v) is 16.2. The quantitative estimate of drug-likeness (QED) is 0.222. The zero-order valence-electron chi connectivity index (χ0n) is 29.0. The number of amides is 1. The van der Waals surface area contributed by atoms with Crippen molar-refractivity contribution in [1.82, 2.24) is 4.90 Å². The van der Waals surface area contributed by atoms with Crippen LogP contribution in [0.25, 0.3) is 0 Å². The first-order valence-corrected chi connectivity index (χ1v) is 18.1. The standard InChI is InChI=1S/C38H60N2O5/c1-8-38(6,7)37(44)45-32-18-22(2)17-28-10-9-23(3)31(34(28)32)16-15-29(41)19-30(42)20-33(43)40(36-25(5)24(4)21-39-36)35(26-11-12-26)27-13-14-27/h9-10,17,22-27,29-32,34-35,41-42H,8,11-16,18-21H2,1-7H3/t22-,23-,24?,25?,29+,30+,31-,32-,34-/m0/s1. The maximum Gasteiger partial charge on any atom is 0.311 e. The number of ether oxygens (including phenoxy) is 1. The Bertz CT molecular complexity index is 1150. The smallest absolute Gasteiger partial charge is 0.311 e. The monoisotopic (exact) mass is 624 g/mol. The number of carbonyl (C=O) groups is 2. The molecular weight excluding hydrogens is 564 g/mol. The summed E-state index contributed by atoms with van der Waals surface area (Å²) in [5, 5.41) is 22.3. The van der Waals surface area contributed by atoms with Crippen LogP contribution in [0, 0.1) is 52.8 Å². The minimum absolute atomic E-state index is 0.0222. The number of rotatable bonds is 13. The highest BCUT2D eigenvalue weighted by atomic mass is 16.5. The molecule has 1 heterocycles. The molecule has 1 amide bonds. The fourth-order valence-corrected chi connectivity index (χ4v) is 8.08. The van der Waals surface area contributed by atoms with Crippen LogP contribution in [0.15, 0.2) is 28.8 Å². The molecule has 2 fully saturated rings. The Morgan fingerprint density at radius 2 is 1.73 bits per heavy atom. The number of fused-ring (bicyclic) bond motifs is 1. The highest BCUT2D eigenvalue weighted by molar-refractivity contribution is 6.01. The second-order valence-electron chi connectivity index (χ2n) is 16.2. The molecule has 0 radical (unpaired) electrons. The fraction of sp³-hybridized carbons (Fsp3) is 0.816. The predicted molar refractivity (Wildman–Crippen MR) is 178 cm³/mol. The Hall–Kier alpha value is -1.99. The van der Waals surface area contributed by atoms with Gasteiger partial charge >= 0.3 is 5.97 Å². The average molecular weight is 625 g/mol. The molecule has 2 N–H and O–H groups in total. The summed E-state index contributed by atoms with van der Waals surface area (Å²) in [5.41, 5.74) is 0.719. The number of hydrogen-bond acceptors (Lipinski definition) is 6. The van der Waals surface area contributed by atoms with Crippen molar-refractivity contribution < 1.29 is 24.5 Å². The van der Waals surface area contributed by atoms with E-state index in [1.54, 1.807) is 0 Å². The summed E-state index contributed by atoms with van der Waals surface area (Å²) < 4.78 is 6.25. The SMILES string of the molecule is CCC(C)(C)C(=O)O[C@H]1C[C@@H](C)C=C2C=C[C@H](C)[C@H](CC[C@@H](O)C[C@@H](O)CC(=O)N(C3=NCC(C)C3C)C(C3CC3)C3CC3)[C@H]21. The lowest BCUT2D eigenvalue weighted by Crippen LogP contribution is -2.49. The van der Waals surface area contributed by atoms with Crippen molar-refractivity contribution in [2.24, 2.45) is 57.8 Å². The van der Waals surface area contributed by atoms with Gasteiger partial charge in [-0.1, -0.05) is 52.8 Å². The minimum Gasteiger partial charge on any atom is -0.461 e. The zero-order valence-corrected chi connectivity index (χ0v) is 29.0. The number of esters is 1. The number of amidine groups is 1. The minimum atomic E-state index is -0.900. The number of carbonyl (C=O) groups excluding carboxylic acids is 2. The Kier molecular flexibility index (Phi) is 10.7. The molecule has 0 saturated heterocycles. The van der Waals surface area contributed by atoms with Gasteiger partial charge in [0, 0.05) is 24.4 Å². The van der Waals surface area contributed by atoms with Crippen molar-refractivity contribution in [1.29, 1.82) is 0 Å². The van der Waals surface area contributed by atoms with Crippen LogP contribution in [-0.2, 0) is 14.3 Å². The van der Waals surface area contributed by atoms with Crippen LogP contribution < -0.4 is 0 Å². The van der Waals surface area contributed by atoms with E-state index in [1.807, 2.05) is 25.7 Å². The van der Waals surface area contributed by atoms with Gasteiger partial charge in [0.05, 0.1) is 24.0 Å². The molecule has 0 spiro atoms. The van der Waals surface area contributed by atoms with Crippen molar-refractivity contribution in [2.45, 2.75) is 137 Å². The molecule has 45 heavy (non-hydrogen) atoms. The van der Waals surface area contributed by atoms with Crippen LogP contribution in [0.5, 0.6) is 0 Å². The van der Waals surface area contributed by atoms with Crippen LogP contribution >= 0.6 is 0 Å². The summed E-state index contributed by atoms with van der Waals surface area (Å²) in [6, 6.07) is 0.215. The summed E-state index contributed by atoms with van der Waals surface area (Å²) in [4.78, 5) is 33.9. The number of hydrogen-bond donors (Lipinski definition) is 2. The van der Waals surface area contributed by atoms with Crippen LogP contribution in [0.4, 0.5) is 0 Å². The van der Waals surface area contributed by atoms with Crippen molar-refractivity contribution in [2.75, 3.05) is 6.54 Å². The van der Waals surface area contributed by atoms with Crippen molar-refractivity contribution >= 4 is 17.7 Å². The van der Waals surface area contributed by atoms with Crippen molar-refractivity contribution in [3.63, 3.8) is 0 Å². The van der Waals surface area contributed by atoms with Gasteiger partial charge in [0.25, 0.3) is 0 Å². The van der Waals surface area contributed by atoms with E-state index in [9.17, 15) is 19.8 Å². The first-order chi connectivity index (χ1) is 21.3. The molecule has 7 heteroatoms. The van der Waals surface area contributed by atoms with E-state index < -0.39 is 17.6 Å². The lowest BCUT2D eigenvalue weighted by molar-refractivity contribution is -0.164. The number of aliphatic hydroxyl groups is 2. The second kappa shape index (κ2) is 14.0. The van der Waals surface area contributed by atoms with Gasteiger partial charge in [-0.25, -0.2) is 0 Å². The van der Waals surface area contributed by atoms with Gasteiger partial charge in [0.2, 0.25) is 5.91 Å². The Labute approximate surface area is 272 Å². The molecule has 1 aliphatic heterocycles. The molecule has 7 nitrogen and oxygen atoms in total. The lowest BCUT2D eigenvalue weighted by Gasteiger charge is -2.44. The summed E-state index contributed by atoms with van der Waals surface area (Å²) in [6.07, 6.45) is 12.7. The number of allylic oxidation sites excluding steroid dienone is 3.